The van der Waals surface area contributed by atoms with E-state index in [1.807, 2.05) is 19.9 Å². The number of rotatable bonds is 3. The maximum absolute atomic E-state index is 14.5. The van der Waals surface area contributed by atoms with Gasteiger partial charge in [0.15, 0.2) is 5.83 Å². The number of allylic oxidation sites excluding steroid dienone is 1. The molecule has 1 heterocycles. The third kappa shape index (κ3) is 3.47. The molecule has 2 saturated carbocycles. The van der Waals surface area contributed by atoms with Crippen molar-refractivity contribution < 1.29 is 13.6 Å². The van der Waals surface area contributed by atoms with Crippen molar-refractivity contribution in [2.24, 2.45) is 11.8 Å². The van der Waals surface area contributed by atoms with Crippen LogP contribution < -0.4 is 5.32 Å². The van der Waals surface area contributed by atoms with Crippen LogP contribution >= 0.6 is 0 Å². The summed E-state index contributed by atoms with van der Waals surface area (Å²) < 4.78 is 28.2. The van der Waals surface area contributed by atoms with E-state index in [-0.39, 0.29) is 11.9 Å². The molecule has 1 aromatic heterocycles. The first-order valence-electron chi connectivity index (χ1n) is 9.65. The summed E-state index contributed by atoms with van der Waals surface area (Å²) in [7, 11) is 0. The third-order valence-electron chi connectivity index (χ3n) is 5.97. The number of hydrogen-bond acceptors (Lipinski definition) is 2. The molecule has 1 amide bonds. The molecule has 1 N–H and O–H groups in total. The molecule has 0 spiro atoms. The predicted octanol–water partition coefficient (Wildman–Crippen LogP) is 5.03. The second kappa shape index (κ2) is 7.02. The minimum Gasteiger partial charge on any atom is -0.348 e. The second-order valence-electron chi connectivity index (χ2n) is 8.20. The molecule has 2 aliphatic rings. The zero-order chi connectivity index (χ0) is 19.1. The molecule has 0 bridgehead atoms. The molecule has 3 nitrogen and oxygen atoms in total. The van der Waals surface area contributed by atoms with Crippen molar-refractivity contribution in [2.75, 3.05) is 0 Å². The largest absolute Gasteiger partial charge is 0.348 e. The number of pyridine rings is 1. The summed E-state index contributed by atoms with van der Waals surface area (Å²) in [5, 5.41) is 3.51. The van der Waals surface area contributed by atoms with E-state index in [9.17, 15) is 13.6 Å². The van der Waals surface area contributed by atoms with Crippen molar-refractivity contribution in [1.82, 2.24) is 10.3 Å². The molecular weight excluding hydrogens is 346 g/mol. The van der Waals surface area contributed by atoms with Crippen LogP contribution in [-0.4, -0.2) is 16.9 Å². The number of hydrogen-bond donors (Lipinski definition) is 1. The zero-order valence-electron chi connectivity index (χ0n) is 15.6. The molecule has 142 valence electrons. The Labute approximate surface area is 157 Å². The van der Waals surface area contributed by atoms with Gasteiger partial charge in [0.1, 0.15) is 5.82 Å². The highest BCUT2D eigenvalue weighted by Gasteiger charge is 2.41. The minimum absolute atomic E-state index is 0.0745. The van der Waals surface area contributed by atoms with E-state index in [0.717, 1.165) is 29.3 Å². The first kappa shape index (κ1) is 18.1. The van der Waals surface area contributed by atoms with Gasteiger partial charge in [-0.3, -0.25) is 9.78 Å². The topological polar surface area (TPSA) is 42.0 Å². The zero-order valence-corrected chi connectivity index (χ0v) is 15.6. The SMILES string of the molecule is CC(C)NC(=O)/C(F)=C1/C[C@@H]2C[C@H](c3ccnc4ccc(F)cc34)C[C@@H]2C1. The van der Waals surface area contributed by atoms with Crippen LogP contribution in [0.15, 0.2) is 41.9 Å². The Bertz CT molecular complexity index is 906. The predicted molar refractivity (Wildman–Crippen MR) is 101 cm³/mol. The Hall–Kier alpha value is -2.30. The first-order chi connectivity index (χ1) is 12.9. The Morgan fingerprint density at radius 3 is 2.56 bits per heavy atom. The molecule has 4 rings (SSSR count). The van der Waals surface area contributed by atoms with Gasteiger partial charge in [-0.15, -0.1) is 0 Å². The Balaban J connectivity index is 1.53. The van der Waals surface area contributed by atoms with Gasteiger partial charge in [-0.2, -0.15) is 0 Å². The monoisotopic (exact) mass is 370 g/mol. The fourth-order valence-electron chi connectivity index (χ4n) is 4.84. The van der Waals surface area contributed by atoms with Crippen LogP contribution in [-0.2, 0) is 4.79 Å². The van der Waals surface area contributed by atoms with Gasteiger partial charge in [0.05, 0.1) is 5.52 Å². The second-order valence-corrected chi connectivity index (χ2v) is 8.20. The number of carbonyl (C=O) groups excluding carboxylic acids is 1. The van der Waals surface area contributed by atoms with Crippen molar-refractivity contribution >= 4 is 16.8 Å². The quantitative estimate of drug-likeness (QED) is 0.771. The lowest BCUT2D eigenvalue weighted by Crippen LogP contribution is -2.30. The van der Waals surface area contributed by atoms with E-state index < -0.39 is 11.7 Å². The minimum atomic E-state index is -0.592. The van der Waals surface area contributed by atoms with Crippen molar-refractivity contribution in [2.45, 2.75) is 51.5 Å². The molecule has 0 radical (unpaired) electrons. The number of nitrogens with one attached hydrogen (secondary N) is 1. The number of benzene rings is 1. The van der Waals surface area contributed by atoms with E-state index in [0.29, 0.717) is 36.2 Å². The van der Waals surface area contributed by atoms with Crippen LogP contribution in [0, 0.1) is 17.7 Å². The maximum Gasteiger partial charge on any atom is 0.280 e. The van der Waals surface area contributed by atoms with E-state index in [1.165, 1.54) is 6.07 Å². The molecule has 0 unspecified atom stereocenters. The lowest BCUT2D eigenvalue weighted by Gasteiger charge is -2.15. The highest BCUT2D eigenvalue weighted by Crippen LogP contribution is 2.53. The highest BCUT2D eigenvalue weighted by molar-refractivity contribution is 5.92. The normalized spacial score (nSPS) is 26.5. The summed E-state index contributed by atoms with van der Waals surface area (Å²) in [4.78, 5) is 16.3. The molecule has 2 aromatic rings. The lowest BCUT2D eigenvalue weighted by molar-refractivity contribution is -0.119. The van der Waals surface area contributed by atoms with Gasteiger partial charge in [0.25, 0.3) is 5.91 Å². The summed E-state index contributed by atoms with van der Waals surface area (Å²) in [6, 6.07) is 6.63. The van der Waals surface area contributed by atoms with Gasteiger partial charge in [0, 0.05) is 17.6 Å². The van der Waals surface area contributed by atoms with Gasteiger partial charge < -0.3 is 5.32 Å². The van der Waals surface area contributed by atoms with Crippen LogP contribution in [0.1, 0.15) is 51.0 Å². The number of halogens is 2. The number of nitrogens with zero attached hydrogens (tertiary/aromatic N) is 1. The van der Waals surface area contributed by atoms with Crippen LogP contribution in [0.2, 0.25) is 0 Å². The van der Waals surface area contributed by atoms with E-state index in [1.54, 1.807) is 18.3 Å². The van der Waals surface area contributed by atoms with Gasteiger partial charge in [0.2, 0.25) is 0 Å². The molecule has 1 aromatic carbocycles. The number of fused-ring (bicyclic) bond motifs is 2. The van der Waals surface area contributed by atoms with Crippen LogP contribution in [0.5, 0.6) is 0 Å². The standard InChI is InChI=1S/C22H24F2N2O/c1-12(2)26-22(27)21(24)16-9-13-7-15(8-14(13)10-16)18-5-6-25-20-4-3-17(23)11-19(18)20/h3-6,11-15H,7-10H2,1-2H3,(H,26,27)/b21-16-/t13-,14+,15-/m1/s1. The fourth-order valence-corrected chi connectivity index (χ4v) is 4.84. The summed E-state index contributed by atoms with van der Waals surface area (Å²) in [5.74, 6) is -0.322. The molecule has 2 fully saturated rings. The molecule has 2 aliphatic carbocycles. The molecule has 0 aliphatic heterocycles. The van der Waals surface area contributed by atoms with Crippen molar-refractivity contribution in [3.63, 3.8) is 0 Å². The average Bonchev–Trinajstić information content (AvgIpc) is 3.18. The van der Waals surface area contributed by atoms with E-state index in [4.69, 9.17) is 0 Å². The van der Waals surface area contributed by atoms with Crippen molar-refractivity contribution in [1.29, 1.82) is 0 Å². The van der Waals surface area contributed by atoms with Crippen LogP contribution in [0.25, 0.3) is 10.9 Å². The highest BCUT2D eigenvalue weighted by atomic mass is 19.1. The van der Waals surface area contributed by atoms with Crippen LogP contribution in [0.4, 0.5) is 8.78 Å². The molecule has 5 heteroatoms. The maximum atomic E-state index is 14.5. The molecule has 0 saturated heterocycles. The summed E-state index contributed by atoms with van der Waals surface area (Å²) in [6.45, 7) is 3.65. The number of carbonyl (C=O) groups is 1. The smallest absolute Gasteiger partial charge is 0.280 e. The van der Waals surface area contributed by atoms with Gasteiger partial charge in [-0.05, 0) is 92.7 Å². The molecular formula is C22H24F2N2O. The summed E-state index contributed by atoms with van der Waals surface area (Å²) in [6.07, 6.45) is 4.97. The van der Waals surface area contributed by atoms with E-state index in [2.05, 4.69) is 10.3 Å². The fraction of sp³-hybridized carbons (Fsp3) is 0.455. The van der Waals surface area contributed by atoms with Crippen molar-refractivity contribution in [3.05, 3.63) is 53.2 Å². The Kier molecular flexibility index (Phi) is 4.70. The lowest BCUT2D eigenvalue weighted by atomic mass is 9.91. The van der Waals surface area contributed by atoms with E-state index >= 15 is 0 Å². The average molecular weight is 370 g/mol. The van der Waals surface area contributed by atoms with Gasteiger partial charge >= 0.3 is 0 Å². The molecule has 3 atom stereocenters. The third-order valence-corrected chi connectivity index (χ3v) is 5.97. The van der Waals surface area contributed by atoms with Crippen molar-refractivity contribution in [3.8, 4) is 0 Å². The summed E-state index contributed by atoms with van der Waals surface area (Å²) in [5.41, 5.74) is 2.60. The first-order valence-corrected chi connectivity index (χ1v) is 9.65. The Morgan fingerprint density at radius 1 is 1.19 bits per heavy atom. The number of aromatic nitrogens is 1. The van der Waals surface area contributed by atoms with Gasteiger partial charge in [-0.1, -0.05) is 0 Å². The summed E-state index contributed by atoms with van der Waals surface area (Å²) >= 11 is 0. The Morgan fingerprint density at radius 2 is 1.89 bits per heavy atom. The molecule has 27 heavy (non-hydrogen) atoms. The van der Waals surface area contributed by atoms with Gasteiger partial charge in [-0.25, -0.2) is 8.78 Å². The number of amides is 1. The van der Waals surface area contributed by atoms with Crippen LogP contribution in [0.3, 0.4) is 0 Å².